The molecule has 3 aromatic heterocycles. The number of hydrogen-bond donors (Lipinski definition) is 1. The number of carbonyl (C=O) groups is 1. The maximum absolute atomic E-state index is 11.0. The van der Waals surface area contributed by atoms with E-state index in [1.54, 1.807) is 18.0 Å². The number of carboxylic acids is 1. The first-order chi connectivity index (χ1) is 10.7. The number of oxazole rings is 1. The van der Waals surface area contributed by atoms with Crippen LogP contribution in [-0.2, 0) is 11.2 Å². The van der Waals surface area contributed by atoms with Crippen molar-refractivity contribution in [3.8, 4) is 22.8 Å². The Kier molecular flexibility index (Phi) is 6.43. The van der Waals surface area contributed by atoms with Crippen LogP contribution < -0.4 is 0 Å². The molecule has 5 nitrogen and oxygen atoms in total. The second-order valence-corrected chi connectivity index (χ2v) is 6.07. The van der Waals surface area contributed by atoms with Crippen molar-refractivity contribution in [3.63, 3.8) is 0 Å². The Labute approximate surface area is 163 Å². The molecule has 3 heterocycles. The number of nitrogens with zero attached hydrogens (tertiary/aromatic N) is 2. The molecule has 0 spiro atoms. The molecule has 3 aromatic rings. The third-order valence-corrected chi connectivity index (χ3v) is 4.33. The van der Waals surface area contributed by atoms with Gasteiger partial charge in [-0.1, -0.05) is 0 Å². The molecule has 0 radical (unpaired) electrons. The van der Waals surface area contributed by atoms with Crippen LogP contribution in [0, 0.1) is 0 Å². The van der Waals surface area contributed by atoms with Crippen LogP contribution in [0.1, 0.15) is 5.69 Å². The van der Waals surface area contributed by atoms with Crippen molar-refractivity contribution in [2.75, 3.05) is 6.26 Å². The van der Waals surface area contributed by atoms with Gasteiger partial charge in [-0.2, -0.15) is 11.3 Å². The second-order valence-electron chi connectivity index (χ2n) is 4.47. The molecule has 0 saturated heterocycles. The van der Waals surface area contributed by atoms with Gasteiger partial charge < -0.3 is 9.52 Å². The van der Waals surface area contributed by atoms with Gasteiger partial charge in [0.1, 0.15) is 0 Å². The Hall–Kier alpha value is -1.12. The van der Waals surface area contributed by atoms with Gasteiger partial charge in [-0.05, 0) is 29.8 Å². The molecular weight excluding hydrogens is 343 g/mol. The number of hydrogen-bond acceptors (Lipinski definition) is 6. The predicted octanol–water partition coefficient (Wildman–Crippen LogP) is 3.17. The van der Waals surface area contributed by atoms with Gasteiger partial charge in [-0.15, -0.1) is 11.8 Å². The van der Waals surface area contributed by atoms with Gasteiger partial charge in [-0.3, -0.25) is 4.79 Å². The maximum atomic E-state index is 11.0. The molecule has 23 heavy (non-hydrogen) atoms. The van der Waals surface area contributed by atoms with E-state index >= 15 is 0 Å². The average Bonchev–Trinajstić information content (AvgIpc) is 3.16. The van der Waals surface area contributed by atoms with Crippen LogP contribution in [0.4, 0.5) is 0 Å². The molecule has 0 saturated carbocycles. The molecule has 0 fully saturated rings. The molecule has 0 unspecified atom stereocenters. The number of pyridine rings is 1. The molecular formula is C15H13N2NaO3S2. The summed E-state index contributed by atoms with van der Waals surface area (Å²) in [6.45, 7) is 0. The van der Waals surface area contributed by atoms with Gasteiger partial charge in [0.15, 0.2) is 5.76 Å². The van der Waals surface area contributed by atoms with Crippen LogP contribution in [0.15, 0.2) is 44.6 Å². The molecule has 3 rings (SSSR count). The Bertz CT molecular complexity index is 786. The summed E-state index contributed by atoms with van der Waals surface area (Å²) in [7, 11) is 0. The van der Waals surface area contributed by atoms with E-state index < -0.39 is 5.97 Å². The minimum atomic E-state index is -0.938. The summed E-state index contributed by atoms with van der Waals surface area (Å²) in [5, 5.41) is 13.8. The van der Waals surface area contributed by atoms with E-state index in [0.29, 0.717) is 17.3 Å². The average molecular weight is 356 g/mol. The number of thioether (sulfide) groups is 1. The van der Waals surface area contributed by atoms with Crippen molar-refractivity contribution in [1.29, 1.82) is 0 Å². The molecule has 0 aliphatic carbocycles. The minimum absolute atomic E-state index is 0. The third kappa shape index (κ3) is 4.24. The topological polar surface area (TPSA) is 76.2 Å². The van der Waals surface area contributed by atoms with Crippen molar-refractivity contribution >= 4 is 58.6 Å². The van der Waals surface area contributed by atoms with Crippen LogP contribution in [0.5, 0.6) is 0 Å². The van der Waals surface area contributed by atoms with Crippen molar-refractivity contribution < 1.29 is 14.3 Å². The van der Waals surface area contributed by atoms with E-state index in [1.807, 2.05) is 35.2 Å². The molecule has 0 aliphatic heterocycles. The summed E-state index contributed by atoms with van der Waals surface area (Å²) in [4.78, 5) is 19.7. The SMILES string of the molecule is CSc1ccc(-c2nc(CC(=O)O)c(-c3ccsc3)o2)cn1.[NaH]. The van der Waals surface area contributed by atoms with Crippen LogP contribution in [0.3, 0.4) is 0 Å². The summed E-state index contributed by atoms with van der Waals surface area (Å²) in [6, 6.07) is 5.63. The number of aliphatic carboxylic acids is 1. The van der Waals surface area contributed by atoms with E-state index in [0.717, 1.165) is 16.2 Å². The zero-order valence-corrected chi connectivity index (χ0v) is 13.3. The van der Waals surface area contributed by atoms with Crippen molar-refractivity contribution in [1.82, 2.24) is 9.97 Å². The van der Waals surface area contributed by atoms with Gasteiger partial charge in [0.05, 0.1) is 22.7 Å². The molecule has 0 atom stereocenters. The van der Waals surface area contributed by atoms with Gasteiger partial charge in [0.2, 0.25) is 5.89 Å². The van der Waals surface area contributed by atoms with E-state index in [9.17, 15) is 4.79 Å². The van der Waals surface area contributed by atoms with E-state index in [2.05, 4.69) is 9.97 Å². The first kappa shape index (κ1) is 18.2. The first-order valence-electron chi connectivity index (χ1n) is 6.42. The predicted molar refractivity (Wildman–Crippen MR) is 93.3 cm³/mol. The second kappa shape index (κ2) is 8.12. The molecule has 1 N–H and O–H groups in total. The Balaban J connectivity index is 0.00000192. The van der Waals surface area contributed by atoms with Gasteiger partial charge >= 0.3 is 35.5 Å². The number of thiophene rings is 1. The van der Waals surface area contributed by atoms with E-state index in [-0.39, 0.29) is 36.0 Å². The molecule has 0 amide bonds. The van der Waals surface area contributed by atoms with Gasteiger partial charge in [0, 0.05) is 17.1 Å². The molecule has 0 aliphatic rings. The molecule has 114 valence electrons. The van der Waals surface area contributed by atoms with E-state index in [1.165, 1.54) is 11.3 Å². The quantitative estimate of drug-likeness (QED) is 0.559. The van der Waals surface area contributed by atoms with Crippen molar-refractivity contribution in [2.24, 2.45) is 0 Å². The zero-order valence-electron chi connectivity index (χ0n) is 11.6. The van der Waals surface area contributed by atoms with Crippen LogP contribution in [-0.4, -0.2) is 56.9 Å². The standard InChI is InChI=1S/C15H12N2O3S2.Na.H/c1-21-12-3-2-9(7-16-12)15-17-11(6-13(18)19)14(20-15)10-4-5-22-8-10;;/h2-5,7-8H,6H2,1H3,(H,18,19);;. The van der Waals surface area contributed by atoms with Gasteiger partial charge in [0.25, 0.3) is 0 Å². The molecule has 0 aromatic carbocycles. The van der Waals surface area contributed by atoms with Crippen LogP contribution in [0.2, 0.25) is 0 Å². The fraction of sp³-hybridized carbons (Fsp3) is 0.133. The Morgan fingerprint density at radius 1 is 1.35 bits per heavy atom. The Morgan fingerprint density at radius 2 is 2.17 bits per heavy atom. The summed E-state index contributed by atoms with van der Waals surface area (Å²) >= 11 is 3.07. The van der Waals surface area contributed by atoms with Gasteiger partial charge in [-0.25, -0.2) is 9.97 Å². The third-order valence-electron chi connectivity index (χ3n) is 2.99. The first-order valence-corrected chi connectivity index (χ1v) is 8.58. The summed E-state index contributed by atoms with van der Waals surface area (Å²) in [5.41, 5.74) is 1.99. The van der Waals surface area contributed by atoms with Crippen LogP contribution >= 0.6 is 23.1 Å². The molecule has 0 bridgehead atoms. The zero-order chi connectivity index (χ0) is 15.5. The summed E-state index contributed by atoms with van der Waals surface area (Å²) in [5.74, 6) is -0.0441. The van der Waals surface area contributed by atoms with E-state index in [4.69, 9.17) is 9.52 Å². The molecule has 8 heteroatoms. The monoisotopic (exact) mass is 356 g/mol. The summed E-state index contributed by atoms with van der Waals surface area (Å²) < 4.78 is 5.81. The number of carboxylic acid groups (broad SMARTS) is 1. The summed E-state index contributed by atoms with van der Waals surface area (Å²) in [6.07, 6.45) is 3.46. The van der Waals surface area contributed by atoms with Crippen molar-refractivity contribution in [3.05, 3.63) is 40.8 Å². The normalized spacial score (nSPS) is 10.3. The fourth-order valence-electron chi connectivity index (χ4n) is 1.99. The Morgan fingerprint density at radius 3 is 2.74 bits per heavy atom. The number of aromatic nitrogens is 2. The van der Waals surface area contributed by atoms with Crippen molar-refractivity contribution in [2.45, 2.75) is 11.4 Å². The number of rotatable bonds is 5. The fourth-order valence-corrected chi connectivity index (χ4v) is 2.98. The van der Waals surface area contributed by atoms with Crippen LogP contribution in [0.25, 0.3) is 22.8 Å².